The molecule has 2 fully saturated rings. The molecule has 10 heteroatoms. The molecule has 5 rings (SSSR count). The summed E-state index contributed by atoms with van der Waals surface area (Å²) in [5.41, 5.74) is 2.01. The minimum absolute atomic E-state index is 0.0799. The van der Waals surface area contributed by atoms with Crippen molar-refractivity contribution in [2.45, 2.75) is 32.4 Å². The van der Waals surface area contributed by atoms with Crippen LogP contribution < -0.4 is 19.9 Å². The Morgan fingerprint density at radius 1 is 1.14 bits per heavy atom. The molecular weight excluding hydrogens is 448 g/mol. The number of nitrogens with zero attached hydrogens (tertiary/aromatic N) is 5. The zero-order valence-electron chi connectivity index (χ0n) is 20.0. The average molecular weight is 479 g/mol. The highest BCUT2D eigenvalue weighted by atomic mass is 16.5. The van der Waals surface area contributed by atoms with Gasteiger partial charge in [-0.1, -0.05) is 17.3 Å². The Hall–Kier alpha value is -3.66. The maximum absolute atomic E-state index is 12.4. The lowest BCUT2D eigenvalue weighted by molar-refractivity contribution is 0.0938. The number of amides is 1. The van der Waals surface area contributed by atoms with Crippen LogP contribution in [-0.2, 0) is 4.74 Å². The van der Waals surface area contributed by atoms with Crippen LogP contribution in [0, 0.1) is 6.92 Å². The number of carbonyl (C=O) groups is 1. The highest BCUT2D eigenvalue weighted by Crippen LogP contribution is 2.25. The quantitative estimate of drug-likeness (QED) is 0.549. The zero-order valence-corrected chi connectivity index (χ0v) is 20.0. The van der Waals surface area contributed by atoms with E-state index in [1.807, 2.05) is 43.5 Å². The molecule has 2 aromatic heterocycles. The predicted molar refractivity (Wildman–Crippen MR) is 130 cm³/mol. The SMILES string of the molecule is Cc1nocc1C(=O)N[C@@H](C)c1ccc(OC2CCN(c3ccnc(N4CCOCC4)n3)C2)cc1. The van der Waals surface area contributed by atoms with Crippen LogP contribution >= 0.6 is 0 Å². The fraction of sp³-hybridized carbons (Fsp3) is 0.440. The summed E-state index contributed by atoms with van der Waals surface area (Å²) in [7, 11) is 0. The number of carbonyl (C=O) groups excluding carboxylic acids is 1. The Kier molecular flexibility index (Phi) is 6.80. The molecule has 0 aliphatic carbocycles. The third-order valence-electron chi connectivity index (χ3n) is 6.42. The first-order valence-electron chi connectivity index (χ1n) is 12.0. The van der Waals surface area contributed by atoms with Gasteiger partial charge in [0.05, 0.1) is 31.5 Å². The number of anilines is 2. The van der Waals surface area contributed by atoms with Gasteiger partial charge in [0.1, 0.15) is 29.5 Å². The molecule has 1 N–H and O–H groups in total. The van der Waals surface area contributed by atoms with Crippen molar-refractivity contribution in [3.05, 3.63) is 59.6 Å². The van der Waals surface area contributed by atoms with Crippen molar-refractivity contribution >= 4 is 17.7 Å². The van der Waals surface area contributed by atoms with Gasteiger partial charge in [0.15, 0.2) is 0 Å². The molecular formula is C25H30N6O4. The number of aromatic nitrogens is 3. The van der Waals surface area contributed by atoms with Crippen LogP contribution in [0.15, 0.2) is 47.3 Å². The van der Waals surface area contributed by atoms with Crippen molar-refractivity contribution in [3.8, 4) is 5.75 Å². The number of rotatable bonds is 7. The van der Waals surface area contributed by atoms with Crippen LogP contribution in [0.2, 0.25) is 0 Å². The van der Waals surface area contributed by atoms with E-state index in [9.17, 15) is 4.79 Å². The van der Waals surface area contributed by atoms with E-state index in [1.54, 1.807) is 6.92 Å². The van der Waals surface area contributed by atoms with Gasteiger partial charge in [0.25, 0.3) is 5.91 Å². The molecule has 2 saturated heterocycles. The van der Waals surface area contributed by atoms with Crippen LogP contribution in [-0.4, -0.2) is 66.5 Å². The molecule has 35 heavy (non-hydrogen) atoms. The van der Waals surface area contributed by atoms with E-state index in [-0.39, 0.29) is 18.1 Å². The molecule has 2 aliphatic rings. The Morgan fingerprint density at radius 3 is 2.69 bits per heavy atom. The second-order valence-electron chi connectivity index (χ2n) is 8.87. The van der Waals surface area contributed by atoms with E-state index in [0.29, 0.717) is 24.5 Å². The van der Waals surface area contributed by atoms with Crippen molar-refractivity contribution < 1.29 is 18.8 Å². The molecule has 1 aromatic carbocycles. The largest absolute Gasteiger partial charge is 0.489 e. The summed E-state index contributed by atoms with van der Waals surface area (Å²) in [5.74, 6) is 2.29. The van der Waals surface area contributed by atoms with Crippen molar-refractivity contribution in [1.29, 1.82) is 0 Å². The van der Waals surface area contributed by atoms with Gasteiger partial charge >= 0.3 is 0 Å². The van der Waals surface area contributed by atoms with E-state index in [2.05, 4.69) is 25.3 Å². The van der Waals surface area contributed by atoms with Gasteiger partial charge < -0.3 is 29.1 Å². The number of ether oxygens (including phenoxy) is 2. The van der Waals surface area contributed by atoms with E-state index in [0.717, 1.165) is 55.7 Å². The lowest BCUT2D eigenvalue weighted by atomic mass is 10.1. The first-order chi connectivity index (χ1) is 17.1. The molecule has 2 atom stereocenters. The lowest BCUT2D eigenvalue weighted by Crippen LogP contribution is -2.37. The Bertz CT molecular complexity index is 1140. The maximum Gasteiger partial charge on any atom is 0.256 e. The highest BCUT2D eigenvalue weighted by Gasteiger charge is 2.26. The van der Waals surface area contributed by atoms with Crippen molar-refractivity contribution in [3.63, 3.8) is 0 Å². The lowest BCUT2D eigenvalue weighted by Gasteiger charge is -2.27. The molecule has 0 saturated carbocycles. The predicted octanol–water partition coefficient (Wildman–Crippen LogP) is 2.76. The molecule has 3 aromatic rings. The Labute approximate surface area is 204 Å². The van der Waals surface area contributed by atoms with Crippen LogP contribution in [0.1, 0.15) is 41.0 Å². The van der Waals surface area contributed by atoms with Gasteiger partial charge in [0.2, 0.25) is 5.95 Å². The highest BCUT2D eigenvalue weighted by molar-refractivity contribution is 5.95. The number of hydrogen-bond donors (Lipinski definition) is 1. The van der Waals surface area contributed by atoms with E-state index in [1.165, 1.54) is 6.26 Å². The van der Waals surface area contributed by atoms with Crippen LogP contribution in [0.5, 0.6) is 5.75 Å². The second kappa shape index (κ2) is 10.3. The van der Waals surface area contributed by atoms with Crippen LogP contribution in [0.4, 0.5) is 11.8 Å². The molecule has 184 valence electrons. The first kappa shape index (κ1) is 23.1. The zero-order chi connectivity index (χ0) is 24.2. The van der Waals surface area contributed by atoms with Crippen LogP contribution in [0.25, 0.3) is 0 Å². The fourth-order valence-electron chi connectivity index (χ4n) is 4.36. The Balaban J connectivity index is 1.15. The normalized spacial score (nSPS) is 19.0. The number of hydrogen-bond acceptors (Lipinski definition) is 9. The summed E-state index contributed by atoms with van der Waals surface area (Å²) in [6, 6.07) is 9.65. The molecule has 0 radical (unpaired) electrons. The van der Waals surface area contributed by atoms with Gasteiger partial charge in [-0.25, -0.2) is 4.98 Å². The second-order valence-corrected chi connectivity index (χ2v) is 8.87. The first-order valence-corrected chi connectivity index (χ1v) is 12.0. The molecule has 1 unspecified atom stereocenters. The summed E-state index contributed by atoms with van der Waals surface area (Å²) in [6.45, 7) is 8.38. The summed E-state index contributed by atoms with van der Waals surface area (Å²) >= 11 is 0. The number of benzene rings is 1. The van der Waals surface area contributed by atoms with Crippen LogP contribution in [0.3, 0.4) is 0 Å². The summed E-state index contributed by atoms with van der Waals surface area (Å²) < 4.78 is 16.5. The summed E-state index contributed by atoms with van der Waals surface area (Å²) in [4.78, 5) is 26.0. The fourth-order valence-corrected chi connectivity index (χ4v) is 4.36. The summed E-state index contributed by atoms with van der Waals surface area (Å²) in [5, 5.41) is 6.73. The van der Waals surface area contributed by atoms with E-state index < -0.39 is 0 Å². The van der Waals surface area contributed by atoms with Gasteiger partial charge in [-0.2, -0.15) is 4.98 Å². The van der Waals surface area contributed by atoms with Gasteiger partial charge in [-0.15, -0.1) is 0 Å². The van der Waals surface area contributed by atoms with Gasteiger partial charge in [0, 0.05) is 32.3 Å². The molecule has 10 nitrogen and oxygen atoms in total. The van der Waals surface area contributed by atoms with Crippen molar-refractivity contribution in [1.82, 2.24) is 20.4 Å². The van der Waals surface area contributed by atoms with E-state index >= 15 is 0 Å². The number of aryl methyl sites for hydroxylation is 1. The van der Waals surface area contributed by atoms with Crippen molar-refractivity contribution in [2.24, 2.45) is 0 Å². The average Bonchev–Trinajstić information content (AvgIpc) is 3.54. The molecule has 4 heterocycles. The minimum atomic E-state index is -0.205. The topological polar surface area (TPSA) is 106 Å². The maximum atomic E-state index is 12.4. The molecule has 1 amide bonds. The minimum Gasteiger partial charge on any atom is -0.489 e. The molecule has 2 aliphatic heterocycles. The van der Waals surface area contributed by atoms with Gasteiger partial charge in [-0.05, 0) is 37.6 Å². The van der Waals surface area contributed by atoms with Gasteiger partial charge in [-0.3, -0.25) is 4.79 Å². The third kappa shape index (κ3) is 5.37. The Morgan fingerprint density at radius 2 is 1.94 bits per heavy atom. The van der Waals surface area contributed by atoms with Crippen molar-refractivity contribution in [2.75, 3.05) is 49.2 Å². The smallest absolute Gasteiger partial charge is 0.256 e. The summed E-state index contributed by atoms with van der Waals surface area (Å²) in [6.07, 6.45) is 4.19. The third-order valence-corrected chi connectivity index (χ3v) is 6.42. The molecule has 0 spiro atoms. The molecule has 0 bridgehead atoms. The van der Waals surface area contributed by atoms with E-state index in [4.69, 9.17) is 19.0 Å². The standard InChI is InChI=1S/C25H30N6O4/c1-17(27-24(32)22-16-34-29-18(22)2)19-3-5-20(6-4-19)35-21-8-10-31(15-21)23-7-9-26-25(28-23)30-11-13-33-14-12-30/h3-7,9,16-17,21H,8,10-15H2,1-2H3,(H,27,32)/t17-,21?/m0/s1. The number of morpholine rings is 1. The monoisotopic (exact) mass is 478 g/mol. The number of nitrogens with one attached hydrogen (secondary N) is 1.